The number of carbonyl (C=O) groups excluding carboxylic acids is 1. The molecule has 1 aliphatic heterocycles. The van der Waals surface area contributed by atoms with Crippen molar-refractivity contribution in [2.75, 3.05) is 20.8 Å². The molecule has 0 spiro atoms. The fourth-order valence-corrected chi connectivity index (χ4v) is 3.29. The zero-order valence-corrected chi connectivity index (χ0v) is 12.6. The molecule has 2 heterocycles. The van der Waals surface area contributed by atoms with Gasteiger partial charge < -0.3 is 14.8 Å². The van der Waals surface area contributed by atoms with Crippen LogP contribution < -0.4 is 5.32 Å². The molecule has 21 heavy (non-hydrogen) atoms. The van der Waals surface area contributed by atoms with E-state index in [1.807, 2.05) is 0 Å². The fourth-order valence-electron chi connectivity index (χ4n) is 3.29. The van der Waals surface area contributed by atoms with Crippen molar-refractivity contribution >= 4 is 5.97 Å². The Balaban J connectivity index is 2.11. The molecule has 0 aromatic carbocycles. The van der Waals surface area contributed by atoms with E-state index >= 15 is 0 Å². The zero-order chi connectivity index (χ0) is 14.9. The quantitative estimate of drug-likeness (QED) is 0.847. The van der Waals surface area contributed by atoms with E-state index in [0.29, 0.717) is 18.1 Å². The Hall–Kier alpha value is -1.53. The van der Waals surface area contributed by atoms with Crippen LogP contribution >= 0.6 is 0 Å². The predicted octanol–water partition coefficient (Wildman–Crippen LogP) is 1.32. The molecule has 0 radical (unpaired) electrons. The lowest BCUT2D eigenvalue weighted by molar-refractivity contribution is -0.0167. The van der Waals surface area contributed by atoms with Crippen LogP contribution in [0.25, 0.3) is 0 Å². The maximum atomic E-state index is 12.1. The summed E-state index contributed by atoms with van der Waals surface area (Å²) in [4.78, 5) is 21.3. The van der Waals surface area contributed by atoms with Gasteiger partial charge in [-0.2, -0.15) is 0 Å². The van der Waals surface area contributed by atoms with Gasteiger partial charge in [0, 0.05) is 19.2 Å². The Morgan fingerprint density at radius 1 is 1.24 bits per heavy atom. The molecule has 0 atom stereocenters. The van der Waals surface area contributed by atoms with Crippen molar-refractivity contribution in [3.63, 3.8) is 0 Å². The molecule has 1 aromatic rings. The summed E-state index contributed by atoms with van der Waals surface area (Å²) in [5.74, 6) is 0.242. The second kappa shape index (κ2) is 5.69. The van der Waals surface area contributed by atoms with Crippen molar-refractivity contribution in [1.82, 2.24) is 15.3 Å². The molecular formula is C15H21N3O3. The summed E-state index contributed by atoms with van der Waals surface area (Å²) in [6.45, 7) is 1.49. The topological polar surface area (TPSA) is 73.3 Å². The number of nitrogens with one attached hydrogen (secondary N) is 1. The highest BCUT2D eigenvalue weighted by Gasteiger charge is 2.40. The van der Waals surface area contributed by atoms with Crippen LogP contribution in [0, 0.1) is 0 Å². The van der Waals surface area contributed by atoms with Crippen LogP contribution in [0.2, 0.25) is 0 Å². The summed E-state index contributed by atoms with van der Waals surface area (Å²) in [5, 5.41) is 3.29. The van der Waals surface area contributed by atoms with Gasteiger partial charge in [-0.05, 0) is 38.6 Å². The monoisotopic (exact) mass is 291 g/mol. The van der Waals surface area contributed by atoms with Crippen molar-refractivity contribution in [3.05, 3.63) is 22.8 Å². The Labute approximate surface area is 124 Å². The van der Waals surface area contributed by atoms with Gasteiger partial charge in [0.1, 0.15) is 5.60 Å². The summed E-state index contributed by atoms with van der Waals surface area (Å²) >= 11 is 0. The van der Waals surface area contributed by atoms with Crippen LogP contribution in [-0.4, -0.2) is 36.7 Å². The molecule has 114 valence electrons. The van der Waals surface area contributed by atoms with Crippen LogP contribution in [0.5, 0.6) is 0 Å². The van der Waals surface area contributed by atoms with E-state index in [0.717, 1.165) is 49.9 Å². The van der Waals surface area contributed by atoms with Crippen molar-refractivity contribution < 1.29 is 14.3 Å². The first kappa shape index (κ1) is 14.4. The molecule has 0 bridgehead atoms. The summed E-state index contributed by atoms with van der Waals surface area (Å²) in [7, 11) is 3.09. The third kappa shape index (κ3) is 2.42. The average molecular weight is 291 g/mol. The second-order valence-corrected chi connectivity index (χ2v) is 5.64. The lowest BCUT2D eigenvalue weighted by Gasteiger charge is -2.28. The number of hydrogen-bond donors (Lipinski definition) is 1. The van der Waals surface area contributed by atoms with Crippen molar-refractivity contribution in [2.24, 2.45) is 0 Å². The molecule has 0 amide bonds. The zero-order valence-electron chi connectivity index (χ0n) is 12.6. The molecule has 1 aliphatic carbocycles. The molecule has 1 N–H and O–H groups in total. The number of methoxy groups -OCH3 is 2. The highest BCUT2D eigenvalue weighted by atomic mass is 16.5. The van der Waals surface area contributed by atoms with Gasteiger partial charge in [-0.25, -0.2) is 14.8 Å². The summed E-state index contributed by atoms with van der Waals surface area (Å²) in [6.07, 6.45) is 4.74. The van der Waals surface area contributed by atoms with Gasteiger partial charge >= 0.3 is 5.97 Å². The van der Waals surface area contributed by atoms with E-state index in [1.54, 1.807) is 7.11 Å². The largest absolute Gasteiger partial charge is 0.464 e. The number of esters is 1. The van der Waals surface area contributed by atoms with Gasteiger partial charge in [0.25, 0.3) is 0 Å². The van der Waals surface area contributed by atoms with Crippen LogP contribution in [0.15, 0.2) is 0 Å². The number of hydrogen-bond acceptors (Lipinski definition) is 6. The number of ether oxygens (including phenoxy) is 2. The fraction of sp³-hybridized carbons (Fsp3) is 0.667. The number of rotatable bonds is 3. The van der Waals surface area contributed by atoms with Gasteiger partial charge in [0.05, 0.1) is 12.8 Å². The van der Waals surface area contributed by atoms with Gasteiger partial charge in [0.2, 0.25) is 0 Å². The Bertz CT molecular complexity index is 553. The van der Waals surface area contributed by atoms with Crippen LogP contribution in [0.3, 0.4) is 0 Å². The summed E-state index contributed by atoms with van der Waals surface area (Å²) < 4.78 is 10.6. The van der Waals surface area contributed by atoms with Gasteiger partial charge in [0.15, 0.2) is 11.5 Å². The smallest absolute Gasteiger partial charge is 0.357 e. The SMILES string of the molecule is COC(=O)c1nc(C2(OC)CCCC2)nc2c1CCNC2. The van der Waals surface area contributed by atoms with Gasteiger partial charge in [-0.15, -0.1) is 0 Å². The van der Waals surface area contributed by atoms with Gasteiger partial charge in [-0.3, -0.25) is 0 Å². The number of aromatic nitrogens is 2. The van der Waals surface area contributed by atoms with Crippen molar-refractivity contribution in [1.29, 1.82) is 0 Å². The number of carbonyl (C=O) groups is 1. The first-order chi connectivity index (χ1) is 10.2. The number of nitrogens with zero attached hydrogens (tertiary/aromatic N) is 2. The van der Waals surface area contributed by atoms with E-state index in [4.69, 9.17) is 14.5 Å². The van der Waals surface area contributed by atoms with Crippen molar-refractivity contribution in [2.45, 2.75) is 44.2 Å². The van der Waals surface area contributed by atoms with Gasteiger partial charge in [-0.1, -0.05) is 0 Å². The first-order valence-electron chi connectivity index (χ1n) is 7.44. The molecule has 6 nitrogen and oxygen atoms in total. The summed E-state index contributed by atoms with van der Waals surface area (Å²) in [5.41, 5.74) is 1.76. The lowest BCUT2D eigenvalue weighted by Crippen LogP contribution is -2.33. The highest BCUT2D eigenvalue weighted by molar-refractivity contribution is 5.89. The van der Waals surface area contributed by atoms with E-state index in [1.165, 1.54) is 7.11 Å². The summed E-state index contributed by atoms with van der Waals surface area (Å²) in [6, 6.07) is 0. The van der Waals surface area contributed by atoms with Crippen LogP contribution in [-0.2, 0) is 28.0 Å². The normalized spacial score (nSPS) is 20.1. The van der Waals surface area contributed by atoms with Crippen LogP contribution in [0.4, 0.5) is 0 Å². The van der Waals surface area contributed by atoms with E-state index in [-0.39, 0.29) is 5.97 Å². The molecule has 1 aromatic heterocycles. The number of fused-ring (bicyclic) bond motifs is 1. The molecule has 2 aliphatic rings. The molecule has 0 unspecified atom stereocenters. The predicted molar refractivity (Wildman–Crippen MR) is 75.9 cm³/mol. The third-order valence-corrected chi connectivity index (χ3v) is 4.53. The highest BCUT2D eigenvalue weighted by Crippen LogP contribution is 2.40. The molecule has 3 rings (SSSR count). The maximum Gasteiger partial charge on any atom is 0.357 e. The Kier molecular flexibility index (Phi) is 3.91. The minimum Gasteiger partial charge on any atom is -0.464 e. The van der Waals surface area contributed by atoms with Crippen molar-refractivity contribution in [3.8, 4) is 0 Å². The maximum absolute atomic E-state index is 12.1. The van der Waals surface area contributed by atoms with Crippen LogP contribution in [0.1, 0.15) is 53.3 Å². The molecule has 1 fully saturated rings. The molecule has 0 saturated heterocycles. The second-order valence-electron chi connectivity index (χ2n) is 5.64. The Morgan fingerprint density at radius 2 is 2.00 bits per heavy atom. The first-order valence-corrected chi connectivity index (χ1v) is 7.44. The minimum absolute atomic E-state index is 0.388. The molecule has 6 heteroatoms. The molecular weight excluding hydrogens is 270 g/mol. The van der Waals surface area contributed by atoms with E-state index in [9.17, 15) is 4.79 Å². The molecule has 1 saturated carbocycles. The Morgan fingerprint density at radius 3 is 2.67 bits per heavy atom. The van der Waals surface area contributed by atoms with E-state index < -0.39 is 5.60 Å². The van der Waals surface area contributed by atoms with E-state index in [2.05, 4.69) is 10.3 Å². The average Bonchev–Trinajstić information content (AvgIpc) is 3.03. The standard InChI is InChI=1S/C15H21N3O3/c1-20-13(19)12-10-5-8-16-9-11(10)17-14(18-12)15(21-2)6-3-4-7-15/h16H,3-9H2,1-2H3. The third-order valence-electron chi connectivity index (χ3n) is 4.53. The lowest BCUT2D eigenvalue weighted by atomic mass is 9.98. The minimum atomic E-state index is -0.449.